The second-order valence-electron chi connectivity index (χ2n) is 15.8. The van der Waals surface area contributed by atoms with E-state index in [-0.39, 0.29) is 47.6 Å². The normalized spacial score (nSPS) is 21.2. The summed E-state index contributed by atoms with van der Waals surface area (Å²) in [5.74, 6) is -2.80. The Kier molecular flexibility index (Phi) is 13.6. The molecular formula is C37H58N6O7S. The van der Waals surface area contributed by atoms with Crippen LogP contribution in [0.4, 0.5) is 4.79 Å². The average molecular weight is 731 g/mol. The van der Waals surface area contributed by atoms with E-state index in [9.17, 15) is 32.4 Å². The average Bonchev–Trinajstić information content (AvgIpc) is 3.37. The Labute approximate surface area is 303 Å². The van der Waals surface area contributed by atoms with Gasteiger partial charge in [-0.05, 0) is 47.1 Å². The lowest BCUT2D eigenvalue weighted by atomic mass is 9.85. The van der Waals surface area contributed by atoms with Crippen LogP contribution in [0.5, 0.6) is 0 Å². The first kappa shape index (κ1) is 41.6. The van der Waals surface area contributed by atoms with Gasteiger partial charge >= 0.3 is 6.03 Å². The number of nitrogens with one attached hydrogen (secondary N) is 4. The van der Waals surface area contributed by atoms with Gasteiger partial charge in [-0.15, -0.1) is 6.58 Å². The molecule has 1 aromatic rings. The molecule has 0 spiro atoms. The fourth-order valence-corrected chi connectivity index (χ4v) is 8.10. The van der Waals surface area contributed by atoms with Gasteiger partial charge in [0.05, 0.1) is 10.9 Å². The zero-order chi connectivity index (χ0) is 38.5. The molecule has 0 aromatic heterocycles. The molecule has 3 rings (SSSR count). The molecule has 51 heavy (non-hydrogen) atoms. The van der Waals surface area contributed by atoms with Crippen LogP contribution in [-0.4, -0.2) is 98.0 Å². The number of rotatable bonds is 17. The van der Waals surface area contributed by atoms with Crippen LogP contribution in [0.25, 0.3) is 0 Å². The molecule has 1 heterocycles. The third kappa shape index (κ3) is 9.76. The topological polar surface area (TPSA) is 174 Å². The number of carbonyl (C=O) groups excluding carboxylic acids is 5. The van der Waals surface area contributed by atoms with Crippen molar-refractivity contribution in [1.29, 1.82) is 0 Å². The minimum atomic E-state index is -3.81. The number of amides is 5. The van der Waals surface area contributed by atoms with Gasteiger partial charge in [0.2, 0.25) is 27.6 Å². The standard InChI is InChI=1S/C37H58N6O7S/c1-11-13-19-26(30(44)33(46)38-20-12-2)39-32(45)29-28-25(37(28,8)9)21-43(29)34(47)31(36(5,6)7)41-35(48)40-27(23(3)4)22-42(10)51(49,50)24-17-15-14-16-18-24/h12,14-18,23,25-29,31H,2,11,13,19-22H2,1,3-10H3,(H,38,46)(H,39,45)(H2,40,41,48)/t25-,26?,27?,28-,29-,31+/m0/s1. The summed E-state index contributed by atoms with van der Waals surface area (Å²) < 4.78 is 27.6. The maximum Gasteiger partial charge on any atom is 0.315 e. The smallest absolute Gasteiger partial charge is 0.315 e. The molecule has 1 aliphatic heterocycles. The van der Waals surface area contributed by atoms with Gasteiger partial charge in [0.15, 0.2) is 0 Å². The number of likely N-dealkylation sites (tertiary alicyclic amines) is 1. The Bertz CT molecular complexity index is 1560. The quantitative estimate of drug-likeness (QED) is 0.141. The summed E-state index contributed by atoms with van der Waals surface area (Å²) in [6.45, 7) is 19.2. The van der Waals surface area contributed by atoms with Crippen LogP contribution in [0.15, 0.2) is 47.9 Å². The van der Waals surface area contributed by atoms with Gasteiger partial charge in [0.1, 0.15) is 12.1 Å². The number of ketones is 1. The SMILES string of the molecule is C=CCNC(=O)C(=O)C(CCCC)NC(=O)[C@@H]1[C@@H]2[C@H](CN1C(=O)[C@@H](NC(=O)NC(CN(C)S(=O)(=O)c1ccccc1)C(C)C)C(C)(C)C)C2(C)C. The van der Waals surface area contributed by atoms with Gasteiger partial charge in [0, 0.05) is 32.7 Å². The number of fused-ring (bicyclic) bond motifs is 1. The van der Waals surface area contributed by atoms with Crippen molar-refractivity contribution in [2.45, 2.75) is 104 Å². The maximum atomic E-state index is 14.4. The molecule has 5 amide bonds. The third-order valence-electron chi connectivity index (χ3n) is 10.3. The van der Waals surface area contributed by atoms with Crippen molar-refractivity contribution >= 4 is 39.6 Å². The van der Waals surface area contributed by atoms with Gasteiger partial charge in [-0.2, -0.15) is 4.31 Å². The van der Waals surface area contributed by atoms with E-state index in [0.717, 1.165) is 6.42 Å². The second-order valence-corrected chi connectivity index (χ2v) is 17.9. The van der Waals surface area contributed by atoms with E-state index < -0.39 is 69.1 Å². The first-order valence-electron chi connectivity index (χ1n) is 17.8. The molecule has 2 fully saturated rings. The van der Waals surface area contributed by atoms with Crippen molar-refractivity contribution in [3.8, 4) is 0 Å². The number of benzene rings is 1. The van der Waals surface area contributed by atoms with Crippen LogP contribution < -0.4 is 21.3 Å². The van der Waals surface area contributed by atoms with Gasteiger partial charge in [0.25, 0.3) is 5.91 Å². The summed E-state index contributed by atoms with van der Waals surface area (Å²) in [5.41, 5.74) is -0.997. The number of hydrogen-bond acceptors (Lipinski definition) is 7. The summed E-state index contributed by atoms with van der Waals surface area (Å²) in [6.07, 6.45) is 3.08. The highest BCUT2D eigenvalue weighted by atomic mass is 32.2. The summed E-state index contributed by atoms with van der Waals surface area (Å²) in [6, 6.07) is 3.79. The third-order valence-corrected chi connectivity index (χ3v) is 12.1. The van der Waals surface area contributed by atoms with Crippen LogP contribution in [-0.2, 0) is 29.2 Å². The number of piperidine rings is 1. The van der Waals surface area contributed by atoms with E-state index >= 15 is 0 Å². The summed E-state index contributed by atoms with van der Waals surface area (Å²) in [5, 5.41) is 11.0. The van der Waals surface area contributed by atoms with Gasteiger partial charge < -0.3 is 26.2 Å². The lowest BCUT2D eigenvalue weighted by Crippen LogP contribution is -2.62. The highest BCUT2D eigenvalue weighted by molar-refractivity contribution is 7.89. The van der Waals surface area contributed by atoms with E-state index in [1.165, 1.54) is 34.5 Å². The minimum Gasteiger partial charge on any atom is -0.346 e. The van der Waals surface area contributed by atoms with E-state index in [2.05, 4.69) is 27.8 Å². The summed E-state index contributed by atoms with van der Waals surface area (Å²) in [4.78, 5) is 69.3. The molecule has 14 heteroatoms. The predicted octanol–water partition coefficient (Wildman–Crippen LogP) is 3.07. The Balaban J connectivity index is 1.81. The number of urea groups is 1. The van der Waals surface area contributed by atoms with Crippen molar-refractivity contribution in [3.63, 3.8) is 0 Å². The number of likely N-dealkylation sites (N-methyl/N-ethyl adjacent to an activating group) is 1. The molecular weight excluding hydrogens is 673 g/mol. The molecule has 284 valence electrons. The van der Waals surface area contributed by atoms with Crippen molar-refractivity contribution in [3.05, 3.63) is 43.0 Å². The highest BCUT2D eigenvalue weighted by Gasteiger charge is 2.70. The molecule has 1 aromatic carbocycles. The summed E-state index contributed by atoms with van der Waals surface area (Å²) >= 11 is 0. The fourth-order valence-electron chi connectivity index (χ4n) is 6.88. The van der Waals surface area contributed by atoms with Crippen LogP contribution in [0.1, 0.15) is 74.7 Å². The number of sulfonamides is 1. The zero-order valence-electron chi connectivity index (χ0n) is 31.6. The Morgan fingerprint density at radius 1 is 1.06 bits per heavy atom. The lowest BCUT2D eigenvalue weighted by Gasteiger charge is -2.38. The predicted molar refractivity (Wildman–Crippen MR) is 196 cm³/mol. The Morgan fingerprint density at radius 2 is 1.69 bits per heavy atom. The van der Waals surface area contributed by atoms with E-state index in [1.54, 1.807) is 18.2 Å². The van der Waals surface area contributed by atoms with Crippen LogP contribution >= 0.6 is 0 Å². The van der Waals surface area contributed by atoms with Crippen molar-refractivity contribution in [1.82, 2.24) is 30.5 Å². The van der Waals surface area contributed by atoms with E-state index in [0.29, 0.717) is 13.0 Å². The first-order valence-corrected chi connectivity index (χ1v) is 19.3. The monoisotopic (exact) mass is 730 g/mol. The zero-order valence-corrected chi connectivity index (χ0v) is 32.4. The molecule has 0 radical (unpaired) electrons. The number of nitrogens with zero attached hydrogens (tertiary/aromatic N) is 2. The second kappa shape index (κ2) is 16.7. The van der Waals surface area contributed by atoms with E-state index in [1.807, 2.05) is 55.4 Å². The molecule has 2 unspecified atom stereocenters. The number of hydrogen-bond donors (Lipinski definition) is 4. The molecule has 0 bridgehead atoms. The highest BCUT2D eigenvalue weighted by Crippen LogP contribution is 2.65. The van der Waals surface area contributed by atoms with Crippen molar-refractivity contribution in [2.75, 3.05) is 26.7 Å². The molecule has 4 N–H and O–H groups in total. The molecule has 13 nitrogen and oxygen atoms in total. The molecule has 2 aliphatic rings. The van der Waals surface area contributed by atoms with Crippen LogP contribution in [0.2, 0.25) is 0 Å². The lowest BCUT2D eigenvalue weighted by molar-refractivity contribution is -0.145. The van der Waals surface area contributed by atoms with Crippen LogP contribution in [0, 0.1) is 28.6 Å². The molecule has 1 aliphatic carbocycles. The Hall–Kier alpha value is -3.78. The fraction of sp³-hybridized carbons (Fsp3) is 0.649. The van der Waals surface area contributed by atoms with Gasteiger partial charge in [-0.25, -0.2) is 13.2 Å². The molecule has 1 saturated heterocycles. The van der Waals surface area contributed by atoms with Crippen molar-refractivity contribution in [2.24, 2.45) is 28.6 Å². The largest absolute Gasteiger partial charge is 0.346 e. The number of Topliss-reactive ketones (excluding diaryl/α,β-unsaturated/α-hetero) is 1. The summed E-state index contributed by atoms with van der Waals surface area (Å²) in [7, 11) is -2.36. The first-order chi connectivity index (χ1) is 23.7. The van der Waals surface area contributed by atoms with Gasteiger partial charge in [-0.3, -0.25) is 19.2 Å². The van der Waals surface area contributed by atoms with Gasteiger partial charge in [-0.1, -0.05) is 92.5 Å². The van der Waals surface area contributed by atoms with Crippen molar-refractivity contribution < 1.29 is 32.4 Å². The molecule has 1 saturated carbocycles. The van der Waals surface area contributed by atoms with E-state index in [4.69, 9.17) is 0 Å². The number of unbranched alkanes of at least 4 members (excludes halogenated alkanes) is 1. The Morgan fingerprint density at radius 3 is 2.24 bits per heavy atom. The minimum absolute atomic E-state index is 0.00715. The van der Waals surface area contributed by atoms with Crippen LogP contribution in [0.3, 0.4) is 0 Å². The number of carbonyl (C=O) groups is 5. The molecule has 6 atom stereocenters. The maximum absolute atomic E-state index is 14.4.